The van der Waals surface area contributed by atoms with Gasteiger partial charge in [0.1, 0.15) is 19.3 Å². The molecule has 4 aromatic rings. The Bertz CT molecular complexity index is 1760. The van der Waals surface area contributed by atoms with E-state index in [0.29, 0.717) is 58.0 Å². The number of pyridine rings is 1. The number of nitrogens with zero attached hydrogens (tertiary/aromatic N) is 5. The Morgan fingerprint density at radius 2 is 1.52 bits per heavy atom. The Balaban J connectivity index is 1.50. The number of hydrogen-bond donors (Lipinski definition) is 1. The number of carboxylic acids is 1. The maximum Gasteiger partial charge on any atom is 0.345 e. The summed E-state index contributed by atoms with van der Waals surface area (Å²) in [6, 6.07) is 18.4. The average Bonchev–Trinajstić information content (AvgIpc) is 3.53. The van der Waals surface area contributed by atoms with Crippen LogP contribution in [0.5, 0.6) is 0 Å². The van der Waals surface area contributed by atoms with Crippen molar-refractivity contribution in [3.05, 3.63) is 66.6 Å². The third-order valence-electron chi connectivity index (χ3n) is 9.58. The fourth-order valence-electron chi connectivity index (χ4n) is 6.46. The molecule has 5 rings (SSSR count). The molecule has 3 heterocycles. The highest BCUT2D eigenvalue weighted by Gasteiger charge is 2.35. The van der Waals surface area contributed by atoms with Crippen LogP contribution in [0.3, 0.4) is 0 Å². The molecule has 52 heavy (non-hydrogen) atoms. The molecule has 0 radical (unpaired) electrons. The molecule has 1 saturated carbocycles. The molecule has 0 spiro atoms. The lowest BCUT2D eigenvalue weighted by atomic mass is 9.78. The molecule has 0 amide bonds. The summed E-state index contributed by atoms with van der Waals surface area (Å²) in [5, 5.41) is 14.7. The van der Waals surface area contributed by atoms with Gasteiger partial charge in [-0.25, -0.2) is 9.78 Å². The molecule has 0 bridgehead atoms. The molecule has 1 N–H and O–H groups in total. The van der Waals surface area contributed by atoms with Gasteiger partial charge in [0.25, 0.3) is 0 Å². The zero-order valence-electron chi connectivity index (χ0n) is 31.8. The molecule has 0 aliphatic heterocycles. The molecule has 0 saturated heterocycles. The van der Waals surface area contributed by atoms with Gasteiger partial charge in [-0.15, -0.1) is 0 Å². The number of carbonyl (C=O) groups is 2. The predicted octanol–water partition coefficient (Wildman–Crippen LogP) is 8.18. The van der Waals surface area contributed by atoms with Crippen molar-refractivity contribution >= 4 is 39.6 Å². The summed E-state index contributed by atoms with van der Waals surface area (Å²) in [4.78, 5) is 35.8. The van der Waals surface area contributed by atoms with Gasteiger partial charge >= 0.3 is 11.9 Å². The summed E-state index contributed by atoms with van der Waals surface area (Å²) < 4.78 is 19.7. The molecule has 1 aromatic carbocycles. The number of fused-ring (bicyclic) bond motifs is 1. The molecule has 3 aromatic heterocycles. The van der Waals surface area contributed by atoms with Crippen LogP contribution in [-0.4, -0.2) is 85.6 Å². The van der Waals surface area contributed by atoms with Gasteiger partial charge in [-0.3, -0.25) is 9.78 Å². The lowest BCUT2D eigenvalue weighted by molar-refractivity contribution is -0.167. The maximum atomic E-state index is 12.0. The standard InChI is InChI=1S/C39H55N5O6Si2/c1-28(45)50-37(39(46)47)31-15-13-30(14-16-31)35-23-36(43(26-48-19-21-51(2,3)4)27-49-20-22-52(5,6)7)44-38(42-35)33(25-41-44)32-17-18-34(40-24-32)29-11-9-8-10-12-29/h8-12,17-18,23-25,30-31,37H,13-16,19-22,26-27H2,1-7H3,(H,46,47)/t30-,31-,37?. The zero-order valence-corrected chi connectivity index (χ0v) is 33.8. The van der Waals surface area contributed by atoms with Gasteiger partial charge < -0.3 is 24.2 Å². The van der Waals surface area contributed by atoms with Crippen molar-refractivity contribution in [2.45, 2.75) is 96.0 Å². The predicted molar refractivity (Wildman–Crippen MR) is 210 cm³/mol. The van der Waals surface area contributed by atoms with Crippen LogP contribution in [0.2, 0.25) is 51.4 Å². The van der Waals surface area contributed by atoms with Crippen LogP contribution < -0.4 is 4.90 Å². The number of hydrogen-bond acceptors (Lipinski definition) is 9. The minimum atomic E-state index is -1.29. The molecule has 1 aliphatic carbocycles. The third kappa shape index (κ3) is 10.8. The van der Waals surface area contributed by atoms with Crippen LogP contribution in [0.4, 0.5) is 5.82 Å². The van der Waals surface area contributed by atoms with Crippen LogP contribution >= 0.6 is 0 Å². The summed E-state index contributed by atoms with van der Waals surface area (Å²) in [6.07, 6.45) is 5.22. The number of esters is 1. The van der Waals surface area contributed by atoms with Gasteiger partial charge in [-0.1, -0.05) is 75.7 Å². The average molecular weight is 746 g/mol. The smallest absolute Gasteiger partial charge is 0.345 e. The van der Waals surface area contributed by atoms with Crippen LogP contribution in [0.25, 0.3) is 28.0 Å². The highest BCUT2D eigenvalue weighted by molar-refractivity contribution is 6.76. The van der Waals surface area contributed by atoms with Gasteiger partial charge in [-0.05, 0) is 43.8 Å². The first-order valence-electron chi connectivity index (χ1n) is 18.4. The number of carboxylic acid groups (broad SMARTS) is 1. The van der Waals surface area contributed by atoms with Gasteiger partial charge in [0.15, 0.2) is 5.65 Å². The minimum Gasteiger partial charge on any atom is -0.478 e. The molecule has 13 heteroatoms. The lowest BCUT2D eigenvalue weighted by Crippen LogP contribution is -2.36. The quantitative estimate of drug-likeness (QED) is 0.0489. The Morgan fingerprint density at radius 3 is 2.06 bits per heavy atom. The number of benzene rings is 1. The van der Waals surface area contributed by atoms with E-state index in [4.69, 9.17) is 29.3 Å². The van der Waals surface area contributed by atoms with Crippen molar-refractivity contribution in [2.24, 2.45) is 5.92 Å². The number of carbonyl (C=O) groups excluding carboxylic acids is 1. The fourth-order valence-corrected chi connectivity index (χ4v) is 7.97. The first kappa shape index (κ1) is 39.3. The normalized spacial score (nSPS) is 17.2. The second kappa shape index (κ2) is 17.3. The fraction of sp³-hybridized carbons (Fsp3) is 0.513. The number of ether oxygens (including phenoxy) is 3. The number of anilines is 1. The van der Waals surface area contributed by atoms with E-state index in [-0.39, 0.29) is 11.8 Å². The molecule has 1 atom stereocenters. The summed E-state index contributed by atoms with van der Waals surface area (Å²) in [5.41, 5.74) is 5.32. The zero-order chi connectivity index (χ0) is 37.5. The molecule has 1 aliphatic rings. The van der Waals surface area contributed by atoms with Crippen LogP contribution in [0, 0.1) is 5.92 Å². The number of aromatic nitrogens is 4. The summed E-state index contributed by atoms with van der Waals surface area (Å²) >= 11 is 0. The molecule has 11 nitrogen and oxygen atoms in total. The summed E-state index contributed by atoms with van der Waals surface area (Å²) in [6.45, 7) is 17.4. The van der Waals surface area contributed by atoms with E-state index < -0.39 is 34.2 Å². The first-order valence-corrected chi connectivity index (χ1v) is 25.8. The molecule has 1 fully saturated rings. The van der Waals surface area contributed by atoms with Crippen molar-refractivity contribution in [3.63, 3.8) is 0 Å². The van der Waals surface area contributed by atoms with Crippen molar-refractivity contribution in [1.29, 1.82) is 0 Å². The second-order valence-corrected chi connectivity index (χ2v) is 27.6. The Kier molecular flexibility index (Phi) is 13.1. The van der Waals surface area contributed by atoms with Gasteiger partial charge in [0.2, 0.25) is 6.10 Å². The summed E-state index contributed by atoms with van der Waals surface area (Å²) in [5.74, 6) is -1.03. The summed E-state index contributed by atoms with van der Waals surface area (Å²) in [7, 11) is -2.59. The highest BCUT2D eigenvalue weighted by atomic mass is 28.3. The number of aliphatic carboxylic acids is 1. The van der Waals surface area contributed by atoms with E-state index in [1.165, 1.54) is 6.92 Å². The SMILES string of the molecule is CC(=O)OC(C(=O)O)[C@H]1CC[C@H](c2cc(N(COCC[Si](C)(C)C)COCC[Si](C)(C)C)n3ncc(-c4ccc(-c5ccccc5)nc4)c3n2)CC1. The van der Waals surface area contributed by atoms with E-state index in [9.17, 15) is 14.7 Å². The lowest BCUT2D eigenvalue weighted by Gasteiger charge is -2.32. The van der Waals surface area contributed by atoms with E-state index in [2.05, 4.69) is 56.3 Å². The highest BCUT2D eigenvalue weighted by Crippen LogP contribution is 2.39. The molecule has 1 unspecified atom stereocenters. The molecule has 280 valence electrons. The number of rotatable bonds is 17. The van der Waals surface area contributed by atoms with Crippen molar-refractivity contribution in [2.75, 3.05) is 31.6 Å². The Morgan fingerprint density at radius 1 is 0.885 bits per heavy atom. The van der Waals surface area contributed by atoms with Crippen LogP contribution in [0.15, 0.2) is 60.9 Å². The topological polar surface area (TPSA) is 128 Å². The van der Waals surface area contributed by atoms with Crippen molar-refractivity contribution < 1.29 is 28.9 Å². The van der Waals surface area contributed by atoms with Gasteiger partial charge in [0.05, 0.1) is 11.9 Å². The second-order valence-electron chi connectivity index (χ2n) is 16.3. The molecular formula is C39H55N5O6Si2. The first-order chi connectivity index (χ1) is 24.7. The Hall–Kier alpha value is -3.92. The van der Waals surface area contributed by atoms with Crippen molar-refractivity contribution in [3.8, 4) is 22.4 Å². The van der Waals surface area contributed by atoms with Gasteiger partial charge in [0, 0.05) is 82.8 Å². The third-order valence-corrected chi connectivity index (χ3v) is 13.0. The van der Waals surface area contributed by atoms with E-state index in [1.807, 2.05) is 53.3 Å². The van der Waals surface area contributed by atoms with E-state index >= 15 is 0 Å². The largest absolute Gasteiger partial charge is 0.478 e. The molecular weight excluding hydrogens is 691 g/mol. The monoisotopic (exact) mass is 745 g/mol. The Labute approximate surface area is 309 Å². The maximum absolute atomic E-state index is 12.0. The van der Waals surface area contributed by atoms with Crippen LogP contribution in [0.1, 0.15) is 44.2 Å². The van der Waals surface area contributed by atoms with E-state index in [1.54, 1.807) is 0 Å². The van der Waals surface area contributed by atoms with Crippen LogP contribution in [-0.2, 0) is 23.8 Å². The minimum absolute atomic E-state index is 0.0792. The van der Waals surface area contributed by atoms with Crippen molar-refractivity contribution in [1.82, 2.24) is 19.6 Å². The van der Waals surface area contributed by atoms with E-state index in [0.717, 1.165) is 46.0 Å². The van der Waals surface area contributed by atoms with Gasteiger partial charge in [-0.2, -0.15) is 9.61 Å².